The van der Waals surface area contributed by atoms with Gasteiger partial charge < -0.3 is 19.7 Å². The third-order valence-corrected chi connectivity index (χ3v) is 17.1. The van der Waals surface area contributed by atoms with E-state index in [-0.39, 0.29) is 22.3 Å². The van der Waals surface area contributed by atoms with Gasteiger partial charge in [-0.2, -0.15) is 0 Å². The molecule has 9 aliphatic rings. The van der Waals surface area contributed by atoms with E-state index in [1.165, 1.54) is 99.3 Å². The molecule has 0 aromatic heterocycles. The maximum Gasteiger partial charge on any atom is 0.132 e. The van der Waals surface area contributed by atoms with Gasteiger partial charge in [-0.15, -0.1) is 0 Å². The van der Waals surface area contributed by atoms with Gasteiger partial charge in [0, 0.05) is 23.3 Å². The zero-order valence-electron chi connectivity index (χ0n) is 34.9. The predicted molar refractivity (Wildman–Crippen MR) is 240 cm³/mol. The smallest absolute Gasteiger partial charge is 0.132 e. The number of phenolic OH excluding ortho intramolecular Hbond substituents is 2. The molecule has 2 N–H and O–H groups in total. The van der Waals surface area contributed by atoms with Crippen LogP contribution in [0.25, 0.3) is 11.1 Å². The number of para-hydroxylation sites is 2. The van der Waals surface area contributed by atoms with Crippen molar-refractivity contribution in [2.45, 2.75) is 93.3 Å². The quantitative estimate of drug-likeness (QED) is 0.161. The van der Waals surface area contributed by atoms with Crippen LogP contribution in [0.2, 0.25) is 0 Å². The highest BCUT2D eigenvalue weighted by atomic mass is 16.5. The van der Waals surface area contributed by atoms with Crippen molar-refractivity contribution >= 4 is 0 Å². The predicted octanol–water partition coefficient (Wildman–Crippen LogP) is 14.0. The van der Waals surface area contributed by atoms with E-state index in [4.69, 9.17) is 9.47 Å². The number of aromatic hydroxyl groups is 2. The van der Waals surface area contributed by atoms with Crippen LogP contribution in [0.1, 0.15) is 110 Å². The van der Waals surface area contributed by atoms with Crippen molar-refractivity contribution in [1.29, 1.82) is 0 Å². The second-order valence-electron chi connectivity index (χ2n) is 20.8. The van der Waals surface area contributed by atoms with Gasteiger partial charge in [0.05, 0.1) is 5.41 Å². The largest absolute Gasteiger partial charge is 0.508 e. The van der Waals surface area contributed by atoms with Crippen molar-refractivity contribution in [3.63, 3.8) is 0 Å². The number of hydrogen-bond donors (Lipinski definition) is 2. The van der Waals surface area contributed by atoms with Crippen LogP contribution in [-0.2, 0) is 16.2 Å². The summed E-state index contributed by atoms with van der Waals surface area (Å²) >= 11 is 0. The van der Waals surface area contributed by atoms with Gasteiger partial charge in [0.1, 0.15) is 34.5 Å². The molecule has 0 spiro atoms. The minimum absolute atomic E-state index is 0.0914. The summed E-state index contributed by atoms with van der Waals surface area (Å²) in [7, 11) is 0. The molecule has 0 atom stereocenters. The molecule has 0 unspecified atom stereocenters. The lowest BCUT2D eigenvalue weighted by Gasteiger charge is -2.61. The lowest BCUT2D eigenvalue weighted by molar-refractivity contribution is -0.0178. The highest BCUT2D eigenvalue weighted by Gasteiger charge is 2.61. The van der Waals surface area contributed by atoms with Crippen LogP contribution in [0.5, 0.6) is 34.5 Å². The van der Waals surface area contributed by atoms with Gasteiger partial charge in [-0.25, -0.2) is 0 Å². The molecule has 15 rings (SSSR count). The molecule has 0 heterocycles. The topological polar surface area (TPSA) is 58.9 Å². The van der Waals surface area contributed by atoms with Crippen molar-refractivity contribution in [1.82, 2.24) is 0 Å². The monoisotopic (exact) mass is 802 g/mol. The van der Waals surface area contributed by atoms with Gasteiger partial charge >= 0.3 is 0 Å². The number of phenols is 2. The van der Waals surface area contributed by atoms with Crippen LogP contribution in [0, 0.1) is 35.5 Å². The molecule has 9 aliphatic carbocycles. The summed E-state index contributed by atoms with van der Waals surface area (Å²) < 4.78 is 14.1. The maximum atomic E-state index is 10.7. The molecule has 0 amide bonds. The maximum absolute atomic E-state index is 10.7. The Bertz CT molecular complexity index is 2560. The first-order chi connectivity index (χ1) is 29.9. The lowest BCUT2D eigenvalue weighted by atomic mass is 9.43. The van der Waals surface area contributed by atoms with Crippen molar-refractivity contribution in [3.8, 4) is 45.6 Å². The Balaban J connectivity index is 1.16. The average molecular weight is 803 g/mol. The van der Waals surface area contributed by atoms with Crippen molar-refractivity contribution < 1.29 is 19.7 Å². The van der Waals surface area contributed by atoms with E-state index in [0.29, 0.717) is 11.5 Å². The van der Waals surface area contributed by atoms with E-state index in [2.05, 4.69) is 84.9 Å². The summed E-state index contributed by atoms with van der Waals surface area (Å²) in [5.41, 5.74) is 10.3. The van der Waals surface area contributed by atoms with Gasteiger partial charge in [-0.1, -0.05) is 84.9 Å². The van der Waals surface area contributed by atoms with Gasteiger partial charge in [0.15, 0.2) is 0 Å². The van der Waals surface area contributed by atoms with Crippen molar-refractivity contribution in [2.75, 3.05) is 0 Å². The Kier molecular flexibility index (Phi) is 7.87. The molecule has 0 aliphatic heterocycles. The number of ether oxygens (including phenoxy) is 2. The first kappa shape index (κ1) is 36.2. The molecular formula is C57H54O4. The fourth-order valence-electron chi connectivity index (χ4n) is 16.0. The molecule has 306 valence electrons. The molecule has 8 fully saturated rings. The summed E-state index contributed by atoms with van der Waals surface area (Å²) in [4.78, 5) is 0. The highest BCUT2D eigenvalue weighted by molar-refractivity contribution is 5.90. The van der Waals surface area contributed by atoms with Crippen LogP contribution >= 0.6 is 0 Å². The van der Waals surface area contributed by atoms with E-state index in [1.807, 2.05) is 24.3 Å². The molecule has 6 aromatic carbocycles. The summed E-state index contributed by atoms with van der Waals surface area (Å²) in [6.45, 7) is 0. The van der Waals surface area contributed by atoms with Crippen LogP contribution < -0.4 is 9.47 Å². The van der Waals surface area contributed by atoms with Crippen LogP contribution in [0.3, 0.4) is 0 Å². The van der Waals surface area contributed by atoms with E-state index in [9.17, 15) is 10.2 Å². The van der Waals surface area contributed by atoms with Gasteiger partial charge in [0.2, 0.25) is 0 Å². The molecule has 61 heavy (non-hydrogen) atoms. The van der Waals surface area contributed by atoms with Gasteiger partial charge in [-0.3, -0.25) is 0 Å². The van der Waals surface area contributed by atoms with Crippen LogP contribution in [0.15, 0.2) is 133 Å². The normalized spacial score (nSPS) is 30.6. The first-order valence-electron chi connectivity index (χ1n) is 23.3. The van der Waals surface area contributed by atoms with Gasteiger partial charge in [-0.05, 0) is 193 Å². The Hall–Kier alpha value is -5.48. The van der Waals surface area contributed by atoms with E-state index in [1.54, 1.807) is 35.4 Å². The second-order valence-corrected chi connectivity index (χ2v) is 20.8. The minimum Gasteiger partial charge on any atom is -0.508 e. The van der Waals surface area contributed by atoms with Crippen LogP contribution in [-0.4, -0.2) is 10.2 Å². The molecular weight excluding hydrogens is 749 g/mol. The molecule has 0 saturated heterocycles. The van der Waals surface area contributed by atoms with Gasteiger partial charge in [0.25, 0.3) is 0 Å². The molecule has 6 aromatic rings. The lowest BCUT2D eigenvalue weighted by Crippen LogP contribution is -2.53. The third-order valence-electron chi connectivity index (χ3n) is 17.1. The average Bonchev–Trinajstić information content (AvgIpc) is 3.54. The fraction of sp³-hybridized carbons (Fsp3) is 0.368. The zero-order chi connectivity index (χ0) is 40.5. The first-order valence-corrected chi connectivity index (χ1v) is 23.3. The number of fused-ring (bicyclic) bond motifs is 3. The summed E-state index contributed by atoms with van der Waals surface area (Å²) in [6.07, 6.45) is 16.3. The summed E-state index contributed by atoms with van der Waals surface area (Å²) in [6, 6.07) is 46.2. The molecule has 4 nitrogen and oxygen atoms in total. The Morgan fingerprint density at radius 1 is 0.377 bits per heavy atom. The zero-order valence-corrected chi connectivity index (χ0v) is 34.9. The standard InChI is InChI=1S/C57H54O4/c58-41-9-7-11-43(27-41)60-51-17-5-3-15-48(51)57(49-16-4-6-18-52(49)61-44-12-8-10-42(59)28-44)47-14-2-1-13-45(47)46-19-20-50(55-29-35-21-36(30-55)23-37(22-35)31-55)54(53(46)57)56-32-38-24-39(33-56)26-40(25-38)34-56/h1-20,27-28,35-40,58-59H,21-26,29-34H2. The number of rotatable bonds is 8. The Labute approximate surface area is 359 Å². The van der Waals surface area contributed by atoms with Crippen molar-refractivity contribution in [2.24, 2.45) is 35.5 Å². The minimum atomic E-state index is -0.830. The van der Waals surface area contributed by atoms with Crippen molar-refractivity contribution in [3.05, 3.63) is 167 Å². The second kappa shape index (κ2) is 13.3. The summed E-state index contributed by atoms with van der Waals surface area (Å²) in [5, 5.41) is 21.4. The van der Waals surface area contributed by atoms with E-state index in [0.717, 1.165) is 58.1 Å². The number of hydrogen-bond acceptors (Lipinski definition) is 4. The Morgan fingerprint density at radius 3 is 1.31 bits per heavy atom. The van der Waals surface area contributed by atoms with Crippen LogP contribution in [0.4, 0.5) is 0 Å². The molecule has 0 radical (unpaired) electrons. The highest BCUT2D eigenvalue weighted by Crippen LogP contribution is 2.70. The molecule has 8 bridgehead atoms. The SMILES string of the molecule is Oc1cccc(Oc2ccccc2C2(c3ccccc3Oc3cccc(O)c3)c3ccccc3-c3ccc(C45CC6CC(CC(C6)C4)C5)c(C45CC6CC(CC(C6)C4)C5)c32)c1. The fourth-order valence-corrected chi connectivity index (χ4v) is 16.0. The summed E-state index contributed by atoms with van der Waals surface area (Å²) in [5.74, 6) is 7.93. The Morgan fingerprint density at radius 2 is 0.820 bits per heavy atom. The van der Waals surface area contributed by atoms with E-state index >= 15 is 0 Å². The molecule has 4 heteroatoms. The third kappa shape index (κ3) is 5.42. The van der Waals surface area contributed by atoms with E-state index < -0.39 is 5.41 Å². The molecule has 8 saturated carbocycles. The number of benzene rings is 6.